The van der Waals surface area contributed by atoms with Gasteiger partial charge in [-0.15, -0.1) is 0 Å². The number of aromatic hydroxyl groups is 1. The van der Waals surface area contributed by atoms with Crippen LogP contribution in [0, 0.1) is 0 Å². The Balaban J connectivity index is 2.82. The maximum Gasteiger partial charge on any atom is 0.200 e. The van der Waals surface area contributed by atoms with Crippen LogP contribution in [-0.4, -0.2) is 19.3 Å². The van der Waals surface area contributed by atoms with Crippen molar-refractivity contribution in [3.63, 3.8) is 0 Å². The fourth-order valence-corrected chi connectivity index (χ4v) is 3.37. The first-order chi connectivity index (χ1) is 6.56. The number of sulfone groups is 1. The predicted molar refractivity (Wildman–Crippen MR) is 57.1 cm³/mol. The van der Waals surface area contributed by atoms with Crippen LogP contribution < -0.4 is 0 Å². The molecule has 5 heteroatoms. The molecule has 0 unspecified atom stereocenters. The lowest BCUT2D eigenvalue weighted by Gasteiger charge is -2.03. The van der Waals surface area contributed by atoms with E-state index in [0.717, 1.165) is 5.41 Å². The van der Waals surface area contributed by atoms with Crippen molar-refractivity contribution in [1.82, 2.24) is 0 Å². The van der Waals surface area contributed by atoms with Gasteiger partial charge in [0.05, 0.1) is 4.90 Å². The second kappa shape index (κ2) is 3.03. The number of fused-ring (bicyclic) bond motifs is 1. The third-order valence-corrected chi connectivity index (χ3v) is 3.99. The summed E-state index contributed by atoms with van der Waals surface area (Å²) >= 11 is 4.02. The molecule has 0 saturated heterocycles. The molecule has 1 aromatic carbocycles. The van der Waals surface area contributed by atoms with Gasteiger partial charge in [-0.2, -0.15) is 12.6 Å². The predicted octanol–water partition coefficient (Wildman–Crippen LogP) is 1.45. The van der Waals surface area contributed by atoms with Crippen LogP contribution in [-0.2, 0) is 9.84 Å². The highest BCUT2D eigenvalue weighted by atomic mass is 32.2. The Bertz CT molecular complexity index is 515. The Labute approximate surface area is 87.4 Å². The van der Waals surface area contributed by atoms with Gasteiger partial charge >= 0.3 is 0 Å². The first-order valence-electron chi connectivity index (χ1n) is 3.95. The number of hydrogen-bond donors (Lipinski definition) is 2. The fourth-order valence-electron chi connectivity index (χ4n) is 1.51. The van der Waals surface area contributed by atoms with Gasteiger partial charge in [-0.25, -0.2) is 8.42 Å². The molecular weight excluding hydrogens is 220 g/mol. The van der Waals surface area contributed by atoms with Gasteiger partial charge in [-0.3, -0.25) is 0 Å². The maximum absolute atomic E-state index is 11.6. The molecule has 0 radical (unpaired) electrons. The zero-order valence-corrected chi connectivity index (χ0v) is 8.85. The molecule has 0 atom stereocenters. The lowest BCUT2D eigenvalue weighted by atomic mass is 10.1. The molecule has 0 spiro atoms. The maximum atomic E-state index is 11.6. The highest BCUT2D eigenvalue weighted by Crippen LogP contribution is 2.39. The van der Waals surface area contributed by atoms with Crippen molar-refractivity contribution < 1.29 is 13.5 Å². The SMILES string of the molecule is O=S1(=O)C=C(CS)c2c(O)cccc21. The van der Waals surface area contributed by atoms with Crippen molar-refractivity contribution in [2.24, 2.45) is 0 Å². The monoisotopic (exact) mass is 228 g/mol. The van der Waals surface area contributed by atoms with Gasteiger partial charge in [-0.1, -0.05) is 6.07 Å². The smallest absolute Gasteiger partial charge is 0.200 e. The first-order valence-corrected chi connectivity index (χ1v) is 6.13. The van der Waals surface area contributed by atoms with Gasteiger partial charge in [0.15, 0.2) is 0 Å². The topological polar surface area (TPSA) is 54.4 Å². The Morgan fingerprint density at radius 2 is 2.07 bits per heavy atom. The van der Waals surface area contributed by atoms with E-state index in [4.69, 9.17) is 0 Å². The van der Waals surface area contributed by atoms with E-state index in [1.807, 2.05) is 0 Å². The zero-order valence-electron chi connectivity index (χ0n) is 7.14. The third-order valence-electron chi connectivity index (χ3n) is 2.10. The Morgan fingerprint density at radius 1 is 1.36 bits per heavy atom. The van der Waals surface area contributed by atoms with E-state index >= 15 is 0 Å². The lowest BCUT2D eigenvalue weighted by Crippen LogP contribution is -1.92. The molecule has 1 aliphatic heterocycles. The molecule has 1 aromatic rings. The summed E-state index contributed by atoms with van der Waals surface area (Å²) in [6.45, 7) is 0. The molecule has 2 rings (SSSR count). The van der Waals surface area contributed by atoms with E-state index in [-0.39, 0.29) is 10.6 Å². The Morgan fingerprint density at radius 3 is 2.71 bits per heavy atom. The zero-order chi connectivity index (χ0) is 10.3. The second-order valence-electron chi connectivity index (χ2n) is 3.00. The molecule has 74 valence electrons. The number of thiol groups is 1. The van der Waals surface area contributed by atoms with Crippen molar-refractivity contribution in [3.05, 3.63) is 29.2 Å². The molecule has 1 heterocycles. The number of benzene rings is 1. The molecule has 0 fully saturated rings. The van der Waals surface area contributed by atoms with Gasteiger partial charge in [0.2, 0.25) is 9.84 Å². The van der Waals surface area contributed by atoms with Crippen LogP contribution in [0.5, 0.6) is 5.75 Å². The standard InChI is InChI=1S/C9H8O3S2/c10-7-2-1-3-8-9(7)6(4-13)5-14(8,11)12/h1-3,5,10,13H,4H2. The van der Waals surface area contributed by atoms with Crippen LogP contribution in [0.25, 0.3) is 5.57 Å². The van der Waals surface area contributed by atoms with Gasteiger partial charge in [0, 0.05) is 16.7 Å². The average molecular weight is 228 g/mol. The van der Waals surface area contributed by atoms with E-state index in [0.29, 0.717) is 16.9 Å². The quantitative estimate of drug-likeness (QED) is 0.715. The summed E-state index contributed by atoms with van der Waals surface area (Å²) < 4.78 is 23.1. The summed E-state index contributed by atoms with van der Waals surface area (Å²) in [4.78, 5) is 0.168. The third kappa shape index (κ3) is 1.24. The van der Waals surface area contributed by atoms with Crippen LogP contribution in [0.4, 0.5) is 0 Å². The molecule has 0 bridgehead atoms. The molecule has 3 nitrogen and oxygen atoms in total. The molecule has 0 aromatic heterocycles. The molecule has 14 heavy (non-hydrogen) atoms. The molecular formula is C9H8O3S2. The van der Waals surface area contributed by atoms with Crippen molar-refractivity contribution in [2.75, 3.05) is 5.75 Å². The Hall–Kier alpha value is -0.940. The summed E-state index contributed by atoms with van der Waals surface area (Å²) in [5.74, 6) is 0.285. The summed E-state index contributed by atoms with van der Waals surface area (Å²) in [7, 11) is -3.36. The minimum Gasteiger partial charge on any atom is -0.507 e. The summed E-state index contributed by atoms with van der Waals surface area (Å²) in [5, 5.41) is 10.7. The van der Waals surface area contributed by atoms with Crippen LogP contribution >= 0.6 is 12.6 Å². The first kappa shape index (κ1) is 9.61. The lowest BCUT2D eigenvalue weighted by molar-refractivity contribution is 0.471. The molecule has 0 saturated carbocycles. The van der Waals surface area contributed by atoms with Crippen molar-refractivity contribution >= 4 is 28.0 Å². The highest BCUT2D eigenvalue weighted by Gasteiger charge is 2.28. The van der Waals surface area contributed by atoms with Gasteiger partial charge in [0.1, 0.15) is 5.75 Å². The minimum atomic E-state index is -3.36. The number of phenolic OH excluding ortho intramolecular Hbond substituents is 1. The number of phenols is 1. The highest BCUT2D eigenvalue weighted by molar-refractivity contribution is 7.95. The van der Waals surface area contributed by atoms with Gasteiger partial charge in [0.25, 0.3) is 0 Å². The second-order valence-corrected chi connectivity index (χ2v) is 5.08. The minimum absolute atomic E-state index is 0.0103. The van der Waals surface area contributed by atoms with Crippen molar-refractivity contribution in [3.8, 4) is 5.75 Å². The van der Waals surface area contributed by atoms with Gasteiger partial charge in [-0.05, 0) is 17.7 Å². The molecule has 0 aliphatic carbocycles. The van der Waals surface area contributed by atoms with E-state index in [2.05, 4.69) is 12.6 Å². The van der Waals surface area contributed by atoms with Crippen LogP contribution in [0.15, 0.2) is 28.5 Å². The van der Waals surface area contributed by atoms with E-state index in [1.165, 1.54) is 18.2 Å². The van der Waals surface area contributed by atoms with E-state index < -0.39 is 9.84 Å². The van der Waals surface area contributed by atoms with Crippen LogP contribution in [0.2, 0.25) is 0 Å². The van der Waals surface area contributed by atoms with E-state index in [1.54, 1.807) is 0 Å². The summed E-state index contributed by atoms with van der Waals surface area (Å²) in [6, 6.07) is 4.47. The molecule has 0 amide bonds. The Kier molecular flexibility index (Phi) is 2.08. The normalized spacial score (nSPS) is 17.6. The van der Waals surface area contributed by atoms with Crippen molar-refractivity contribution in [1.29, 1.82) is 0 Å². The fraction of sp³-hybridized carbons (Fsp3) is 0.111. The average Bonchev–Trinajstić information content (AvgIpc) is 2.40. The number of rotatable bonds is 1. The molecule has 1 N–H and O–H groups in total. The summed E-state index contributed by atoms with van der Waals surface area (Å²) in [6.07, 6.45) is 0. The van der Waals surface area contributed by atoms with Crippen LogP contribution in [0.3, 0.4) is 0 Å². The van der Waals surface area contributed by atoms with Crippen LogP contribution in [0.1, 0.15) is 5.56 Å². The number of hydrogen-bond acceptors (Lipinski definition) is 4. The largest absolute Gasteiger partial charge is 0.507 e. The van der Waals surface area contributed by atoms with Crippen molar-refractivity contribution in [2.45, 2.75) is 4.90 Å². The molecule has 1 aliphatic rings. The van der Waals surface area contributed by atoms with Gasteiger partial charge < -0.3 is 5.11 Å². The summed E-state index contributed by atoms with van der Waals surface area (Å²) in [5.41, 5.74) is 0.934. The van der Waals surface area contributed by atoms with E-state index in [9.17, 15) is 13.5 Å².